The summed E-state index contributed by atoms with van der Waals surface area (Å²) < 4.78 is 5.65. The van der Waals surface area contributed by atoms with Gasteiger partial charge in [0, 0.05) is 19.2 Å². The highest BCUT2D eigenvalue weighted by Crippen LogP contribution is 2.35. The molecule has 0 aromatic heterocycles. The number of nitrogens with one attached hydrogen (secondary N) is 1. The molecular weight excluding hydrogens is 362 g/mol. The average molecular weight is 376 g/mol. The van der Waals surface area contributed by atoms with Crippen molar-refractivity contribution in [2.45, 2.75) is 6.10 Å². The number of nitro benzene ring substituents is 1. The molecule has 1 aliphatic heterocycles. The van der Waals surface area contributed by atoms with Crippen LogP contribution in [-0.4, -0.2) is 36.4 Å². The van der Waals surface area contributed by atoms with Gasteiger partial charge < -0.3 is 15.0 Å². The third-order valence-electron chi connectivity index (χ3n) is 3.95. The van der Waals surface area contributed by atoms with Crippen LogP contribution in [0.15, 0.2) is 42.5 Å². The molecule has 0 fully saturated rings. The summed E-state index contributed by atoms with van der Waals surface area (Å²) in [4.78, 5) is 36.6. The minimum atomic E-state index is -0.879. The second-order valence-corrected chi connectivity index (χ2v) is 5.93. The van der Waals surface area contributed by atoms with Crippen LogP contribution in [0.1, 0.15) is 10.4 Å². The first-order valence-electron chi connectivity index (χ1n) is 7.65. The van der Waals surface area contributed by atoms with Gasteiger partial charge in [-0.2, -0.15) is 0 Å². The maximum absolute atomic E-state index is 13.0. The lowest BCUT2D eigenvalue weighted by atomic mass is 10.1. The fourth-order valence-corrected chi connectivity index (χ4v) is 2.92. The summed E-state index contributed by atoms with van der Waals surface area (Å²) >= 11 is 6.08. The number of nitrogens with zero attached hydrogens (tertiary/aromatic N) is 2. The van der Waals surface area contributed by atoms with Crippen molar-refractivity contribution < 1.29 is 19.2 Å². The highest BCUT2D eigenvalue weighted by atomic mass is 35.5. The number of likely N-dealkylation sites (N-methyl/N-ethyl adjacent to an activating group) is 1. The summed E-state index contributed by atoms with van der Waals surface area (Å²) in [7, 11) is 1.48. The Morgan fingerprint density at radius 2 is 2.04 bits per heavy atom. The fourth-order valence-electron chi connectivity index (χ4n) is 2.66. The summed E-state index contributed by atoms with van der Waals surface area (Å²) in [6.07, 6.45) is -0.879. The number of carbonyl (C=O) groups excluding carboxylic acids is 2. The molecule has 0 spiro atoms. The molecule has 2 aromatic carbocycles. The van der Waals surface area contributed by atoms with E-state index < -0.39 is 16.9 Å². The van der Waals surface area contributed by atoms with Crippen molar-refractivity contribution in [3.63, 3.8) is 0 Å². The molecule has 0 saturated heterocycles. The van der Waals surface area contributed by atoms with E-state index in [2.05, 4.69) is 5.32 Å². The van der Waals surface area contributed by atoms with Crippen LogP contribution in [0.25, 0.3) is 0 Å². The number of rotatable bonds is 3. The van der Waals surface area contributed by atoms with E-state index in [1.165, 1.54) is 24.1 Å². The first kappa shape index (κ1) is 17.7. The molecule has 9 heteroatoms. The Morgan fingerprint density at radius 1 is 1.31 bits per heavy atom. The van der Waals surface area contributed by atoms with Gasteiger partial charge in [0.15, 0.2) is 6.10 Å². The topological polar surface area (TPSA) is 102 Å². The zero-order valence-corrected chi connectivity index (χ0v) is 14.4. The molecule has 8 nitrogen and oxygen atoms in total. The van der Waals surface area contributed by atoms with Gasteiger partial charge in [-0.05, 0) is 18.2 Å². The van der Waals surface area contributed by atoms with Crippen LogP contribution in [-0.2, 0) is 4.79 Å². The molecule has 1 aliphatic rings. The minimum absolute atomic E-state index is 0.0111. The molecule has 26 heavy (non-hydrogen) atoms. The summed E-state index contributed by atoms with van der Waals surface area (Å²) in [5.41, 5.74) is 0.383. The molecule has 2 aromatic rings. The predicted octanol–water partition coefficient (Wildman–Crippen LogP) is 2.40. The Hall–Kier alpha value is -3.13. The summed E-state index contributed by atoms with van der Waals surface area (Å²) in [5, 5.41) is 13.3. The van der Waals surface area contributed by atoms with Crippen molar-refractivity contribution in [2.75, 3.05) is 18.5 Å². The number of para-hydroxylation sites is 2. The first-order chi connectivity index (χ1) is 12.4. The van der Waals surface area contributed by atoms with Gasteiger partial charge in [0.2, 0.25) is 0 Å². The smallest absolute Gasteiger partial charge is 0.270 e. The van der Waals surface area contributed by atoms with Crippen molar-refractivity contribution in [3.8, 4) is 5.75 Å². The van der Waals surface area contributed by atoms with Crippen molar-refractivity contribution >= 4 is 34.8 Å². The van der Waals surface area contributed by atoms with Gasteiger partial charge in [0.25, 0.3) is 17.5 Å². The van der Waals surface area contributed by atoms with E-state index in [4.69, 9.17) is 16.3 Å². The number of carbonyl (C=O) groups is 2. The Bertz CT molecular complexity index is 902. The molecule has 1 atom stereocenters. The van der Waals surface area contributed by atoms with E-state index in [0.717, 1.165) is 6.07 Å². The second-order valence-electron chi connectivity index (χ2n) is 5.53. The van der Waals surface area contributed by atoms with Gasteiger partial charge in [0.1, 0.15) is 5.75 Å². The van der Waals surface area contributed by atoms with Gasteiger partial charge in [-0.1, -0.05) is 23.7 Å². The summed E-state index contributed by atoms with van der Waals surface area (Å²) in [6.45, 7) is -0.0111. The fraction of sp³-hybridized carbons (Fsp3) is 0.176. The quantitative estimate of drug-likeness (QED) is 0.655. The number of fused-ring (bicyclic) bond motifs is 1. The van der Waals surface area contributed by atoms with E-state index in [0.29, 0.717) is 11.4 Å². The van der Waals surface area contributed by atoms with Crippen LogP contribution in [0.2, 0.25) is 5.02 Å². The van der Waals surface area contributed by atoms with Gasteiger partial charge in [0.05, 0.1) is 27.7 Å². The van der Waals surface area contributed by atoms with Crippen LogP contribution >= 0.6 is 11.6 Å². The monoisotopic (exact) mass is 375 g/mol. The number of amides is 2. The van der Waals surface area contributed by atoms with Gasteiger partial charge in [-0.25, -0.2) is 0 Å². The largest absolute Gasteiger partial charge is 0.477 e. The van der Waals surface area contributed by atoms with E-state index >= 15 is 0 Å². The van der Waals surface area contributed by atoms with E-state index in [1.807, 2.05) is 0 Å². The number of non-ortho nitro benzene ring substituents is 1. The van der Waals surface area contributed by atoms with Crippen molar-refractivity contribution in [3.05, 3.63) is 63.2 Å². The summed E-state index contributed by atoms with van der Waals surface area (Å²) in [5.74, 6) is -0.458. The Morgan fingerprint density at radius 3 is 2.69 bits per heavy atom. The molecular formula is C17H14ClN3O5. The second kappa shape index (κ2) is 7.01. The highest BCUT2D eigenvalue weighted by molar-refractivity contribution is 6.34. The first-order valence-corrected chi connectivity index (χ1v) is 8.03. The molecule has 3 rings (SSSR count). The Labute approximate surface area is 153 Å². The number of anilines is 1. The van der Waals surface area contributed by atoms with E-state index in [-0.39, 0.29) is 28.7 Å². The molecule has 1 heterocycles. The third kappa shape index (κ3) is 3.18. The van der Waals surface area contributed by atoms with Crippen LogP contribution < -0.4 is 15.0 Å². The summed E-state index contributed by atoms with van der Waals surface area (Å²) in [6, 6.07) is 10.4. The van der Waals surface area contributed by atoms with Gasteiger partial charge in [-0.3, -0.25) is 19.7 Å². The average Bonchev–Trinajstić information content (AvgIpc) is 2.65. The lowest BCUT2D eigenvalue weighted by molar-refractivity contribution is -0.384. The molecule has 1 N–H and O–H groups in total. The number of hydrogen-bond acceptors (Lipinski definition) is 5. The number of halogens is 1. The van der Waals surface area contributed by atoms with Crippen molar-refractivity contribution in [1.82, 2.24) is 5.32 Å². The maximum Gasteiger partial charge on any atom is 0.270 e. The van der Waals surface area contributed by atoms with Crippen molar-refractivity contribution in [2.24, 2.45) is 0 Å². The number of ether oxygens (including phenoxy) is 1. The molecule has 0 radical (unpaired) electrons. The zero-order chi connectivity index (χ0) is 18.8. The SMILES string of the molecule is CNC(=O)C1CN(C(=O)c2ccc([N+](=O)[O-])cc2Cl)c2ccccc2O1. The lowest BCUT2D eigenvalue weighted by Gasteiger charge is -2.34. The Balaban J connectivity index is 2.00. The maximum atomic E-state index is 13.0. The lowest BCUT2D eigenvalue weighted by Crippen LogP contribution is -2.50. The number of nitro groups is 1. The van der Waals surface area contributed by atoms with Crippen LogP contribution in [0.4, 0.5) is 11.4 Å². The molecule has 134 valence electrons. The number of benzene rings is 2. The third-order valence-corrected chi connectivity index (χ3v) is 4.26. The molecule has 1 unspecified atom stereocenters. The van der Waals surface area contributed by atoms with Crippen LogP contribution in [0.3, 0.4) is 0 Å². The predicted molar refractivity (Wildman–Crippen MR) is 94.7 cm³/mol. The minimum Gasteiger partial charge on any atom is -0.477 e. The zero-order valence-electron chi connectivity index (χ0n) is 13.6. The number of hydrogen-bond donors (Lipinski definition) is 1. The van der Waals surface area contributed by atoms with Crippen molar-refractivity contribution in [1.29, 1.82) is 0 Å². The molecule has 2 amide bonds. The van der Waals surface area contributed by atoms with Crippen LogP contribution in [0.5, 0.6) is 5.75 Å². The standard InChI is InChI=1S/C17H14ClN3O5/c1-19-16(22)15-9-20(13-4-2-3-5-14(13)26-15)17(23)11-7-6-10(21(24)25)8-12(11)18/h2-8,15H,9H2,1H3,(H,19,22). The van der Waals surface area contributed by atoms with Gasteiger partial charge in [-0.15, -0.1) is 0 Å². The normalized spacial score (nSPS) is 15.6. The highest BCUT2D eigenvalue weighted by Gasteiger charge is 2.34. The van der Waals surface area contributed by atoms with E-state index in [1.54, 1.807) is 24.3 Å². The molecule has 0 aliphatic carbocycles. The van der Waals surface area contributed by atoms with E-state index in [9.17, 15) is 19.7 Å². The van der Waals surface area contributed by atoms with Gasteiger partial charge >= 0.3 is 0 Å². The molecule has 0 saturated carbocycles. The van der Waals surface area contributed by atoms with Crippen LogP contribution in [0, 0.1) is 10.1 Å². The molecule has 0 bridgehead atoms. The Kier molecular flexibility index (Phi) is 4.77.